The lowest BCUT2D eigenvalue weighted by atomic mass is 10.1. The number of aromatic nitrogens is 1. The maximum atomic E-state index is 12.9. The highest BCUT2D eigenvalue weighted by Gasteiger charge is 2.21. The molecule has 0 bridgehead atoms. The Morgan fingerprint density at radius 3 is 2.25 bits per heavy atom. The van der Waals surface area contributed by atoms with Crippen LogP contribution in [-0.4, -0.2) is 47.9 Å². The number of piperidine rings is 1. The van der Waals surface area contributed by atoms with Crippen molar-refractivity contribution in [2.75, 3.05) is 36.4 Å². The molecule has 0 saturated carbocycles. The van der Waals surface area contributed by atoms with Gasteiger partial charge in [-0.1, -0.05) is 0 Å². The Hall–Kier alpha value is -2.89. The van der Waals surface area contributed by atoms with Crippen LogP contribution >= 0.6 is 0 Å². The van der Waals surface area contributed by atoms with E-state index < -0.39 is 0 Å². The summed E-state index contributed by atoms with van der Waals surface area (Å²) in [7, 11) is 0. The van der Waals surface area contributed by atoms with Gasteiger partial charge in [0.05, 0.1) is 5.56 Å². The SMILES string of the molecule is O=C(Nc1ccc(C(=O)N2CCCC2)cc1)c1cccnc1N1CCCCC1. The van der Waals surface area contributed by atoms with Gasteiger partial charge in [0.2, 0.25) is 0 Å². The molecule has 0 radical (unpaired) electrons. The maximum absolute atomic E-state index is 12.9. The molecule has 0 unspecified atom stereocenters. The number of likely N-dealkylation sites (tertiary alicyclic amines) is 1. The van der Waals surface area contributed by atoms with E-state index in [0.29, 0.717) is 16.8 Å². The molecule has 0 spiro atoms. The molecular formula is C22H26N4O2. The molecule has 28 heavy (non-hydrogen) atoms. The Morgan fingerprint density at radius 1 is 0.857 bits per heavy atom. The number of amides is 2. The monoisotopic (exact) mass is 378 g/mol. The average Bonchev–Trinajstić information content (AvgIpc) is 3.29. The van der Waals surface area contributed by atoms with Crippen LogP contribution in [0.5, 0.6) is 0 Å². The summed E-state index contributed by atoms with van der Waals surface area (Å²) in [4.78, 5) is 33.8. The van der Waals surface area contributed by atoms with Gasteiger partial charge in [0.1, 0.15) is 5.82 Å². The molecular weight excluding hydrogens is 352 g/mol. The van der Waals surface area contributed by atoms with Crippen molar-refractivity contribution in [3.63, 3.8) is 0 Å². The van der Waals surface area contributed by atoms with Crippen molar-refractivity contribution in [2.24, 2.45) is 0 Å². The number of anilines is 2. The molecule has 6 nitrogen and oxygen atoms in total. The zero-order valence-electron chi connectivity index (χ0n) is 16.1. The topological polar surface area (TPSA) is 65.5 Å². The molecule has 2 aliphatic heterocycles. The van der Waals surface area contributed by atoms with Gasteiger partial charge in [0, 0.05) is 43.6 Å². The van der Waals surface area contributed by atoms with E-state index in [4.69, 9.17) is 0 Å². The summed E-state index contributed by atoms with van der Waals surface area (Å²) >= 11 is 0. The number of benzene rings is 1. The van der Waals surface area contributed by atoms with Gasteiger partial charge in [-0.15, -0.1) is 0 Å². The summed E-state index contributed by atoms with van der Waals surface area (Å²) in [6.07, 6.45) is 7.37. The fourth-order valence-electron chi connectivity index (χ4n) is 3.93. The van der Waals surface area contributed by atoms with Gasteiger partial charge in [-0.25, -0.2) is 4.98 Å². The molecule has 1 aromatic carbocycles. The molecule has 2 aromatic rings. The zero-order chi connectivity index (χ0) is 19.3. The van der Waals surface area contributed by atoms with Crippen LogP contribution < -0.4 is 10.2 Å². The molecule has 4 rings (SSSR count). The molecule has 2 amide bonds. The van der Waals surface area contributed by atoms with Crippen molar-refractivity contribution in [1.29, 1.82) is 0 Å². The number of pyridine rings is 1. The lowest BCUT2D eigenvalue weighted by Crippen LogP contribution is -2.32. The second-order valence-corrected chi connectivity index (χ2v) is 7.45. The van der Waals surface area contributed by atoms with E-state index in [2.05, 4.69) is 15.2 Å². The Labute approximate surface area is 165 Å². The van der Waals surface area contributed by atoms with Gasteiger partial charge in [-0.3, -0.25) is 9.59 Å². The van der Waals surface area contributed by atoms with Crippen molar-refractivity contribution >= 4 is 23.3 Å². The minimum absolute atomic E-state index is 0.0648. The Kier molecular flexibility index (Phi) is 5.55. The van der Waals surface area contributed by atoms with Gasteiger partial charge in [0.15, 0.2) is 0 Å². The largest absolute Gasteiger partial charge is 0.356 e. The molecule has 2 fully saturated rings. The zero-order valence-corrected chi connectivity index (χ0v) is 16.1. The van der Waals surface area contributed by atoms with Crippen molar-refractivity contribution in [3.8, 4) is 0 Å². The Bertz CT molecular complexity index is 838. The van der Waals surface area contributed by atoms with Crippen LogP contribution in [0.15, 0.2) is 42.6 Å². The molecule has 0 atom stereocenters. The fourth-order valence-corrected chi connectivity index (χ4v) is 3.93. The molecule has 6 heteroatoms. The standard InChI is InChI=1S/C22H26N4O2/c27-21(19-7-6-12-23-20(19)25-13-2-1-3-14-25)24-18-10-8-17(9-11-18)22(28)26-15-4-5-16-26/h6-12H,1-5,13-16H2,(H,24,27). The van der Waals surface area contributed by atoms with Crippen molar-refractivity contribution in [2.45, 2.75) is 32.1 Å². The molecule has 1 N–H and O–H groups in total. The average molecular weight is 378 g/mol. The van der Waals surface area contributed by atoms with Crippen LogP contribution in [0.1, 0.15) is 52.8 Å². The maximum Gasteiger partial charge on any atom is 0.259 e. The van der Waals surface area contributed by atoms with E-state index in [0.717, 1.165) is 57.7 Å². The van der Waals surface area contributed by atoms with E-state index in [1.54, 1.807) is 36.5 Å². The number of hydrogen-bond donors (Lipinski definition) is 1. The van der Waals surface area contributed by atoms with Crippen molar-refractivity contribution < 1.29 is 9.59 Å². The summed E-state index contributed by atoms with van der Waals surface area (Å²) in [6.45, 7) is 3.53. The number of carbonyl (C=O) groups is 2. The van der Waals surface area contributed by atoms with Crippen LogP contribution in [0, 0.1) is 0 Å². The third-order valence-electron chi connectivity index (χ3n) is 5.47. The summed E-state index contributed by atoms with van der Waals surface area (Å²) in [6, 6.07) is 10.8. The molecule has 1 aromatic heterocycles. The first-order valence-electron chi connectivity index (χ1n) is 10.1. The first kappa shape index (κ1) is 18.5. The second-order valence-electron chi connectivity index (χ2n) is 7.45. The van der Waals surface area contributed by atoms with Gasteiger partial charge >= 0.3 is 0 Å². The Morgan fingerprint density at radius 2 is 1.54 bits per heavy atom. The third-order valence-corrected chi connectivity index (χ3v) is 5.47. The Balaban J connectivity index is 1.46. The molecule has 0 aliphatic carbocycles. The van der Waals surface area contributed by atoms with Crippen LogP contribution in [0.2, 0.25) is 0 Å². The molecule has 2 aliphatic rings. The van der Waals surface area contributed by atoms with Crippen LogP contribution in [-0.2, 0) is 0 Å². The van der Waals surface area contributed by atoms with E-state index >= 15 is 0 Å². The first-order chi connectivity index (χ1) is 13.7. The number of carbonyl (C=O) groups excluding carboxylic acids is 2. The minimum Gasteiger partial charge on any atom is -0.356 e. The van der Waals surface area contributed by atoms with Gasteiger partial charge in [0.25, 0.3) is 11.8 Å². The van der Waals surface area contributed by atoms with E-state index in [-0.39, 0.29) is 11.8 Å². The lowest BCUT2D eigenvalue weighted by molar-refractivity contribution is 0.0792. The highest BCUT2D eigenvalue weighted by Crippen LogP contribution is 2.23. The quantitative estimate of drug-likeness (QED) is 0.883. The summed E-state index contributed by atoms with van der Waals surface area (Å²) < 4.78 is 0. The smallest absolute Gasteiger partial charge is 0.259 e. The van der Waals surface area contributed by atoms with Crippen LogP contribution in [0.25, 0.3) is 0 Å². The van der Waals surface area contributed by atoms with Gasteiger partial charge in [-0.2, -0.15) is 0 Å². The van der Waals surface area contributed by atoms with Crippen molar-refractivity contribution in [3.05, 3.63) is 53.7 Å². The van der Waals surface area contributed by atoms with E-state index in [9.17, 15) is 9.59 Å². The normalized spacial score (nSPS) is 16.9. The fraction of sp³-hybridized carbons (Fsp3) is 0.409. The predicted octanol–water partition coefficient (Wildman–Crippen LogP) is 3.56. The first-order valence-corrected chi connectivity index (χ1v) is 10.1. The van der Waals surface area contributed by atoms with E-state index in [1.807, 2.05) is 11.0 Å². The summed E-state index contributed by atoms with van der Waals surface area (Å²) in [5.74, 6) is 0.642. The van der Waals surface area contributed by atoms with Crippen LogP contribution in [0.4, 0.5) is 11.5 Å². The van der Waals surface area contributed by atoms with Gasteiger partial charge in [-0.05, 0) is 68.5 Å². The third kappa shape index (κ3) is 4.01. The molecule has 2 saturated heterocycles. The lowest BCUT2D eigenvalue weighted by Gasteiger charge is -2.29. The van der Waals surface area contributed by atoms with Gasteiger partial charge < -0.3 is 15.1 Å². The molecule has 146 valence electrons. The summed E-state index contributed by atoms with van der Waals surface area (Å²) in [5.41, 5.74) is 1.92. The second kappa shape index (κ2) is 8.42. The number of nitrogens with one attached hydrogen (secondary N) is 1. The highest BCUT2D eigenvalue weighted by molar-refractivity contribution is 6.07. The number of rotatable bonds is 4. The van der Waals surface area contributed by atoms with Crippen LogP contribution in [0.3, 0.4) is 0 Å². The van der Waals surface area contributed by atoms with Crippen molar-refractivity contribution in [1.82, 2.24) is 9.88 Å². The molecule has 3 heterocycles. The predicted molar refractivity (Wildman–Crippen MR) is 110 cm³/mol. The minimum atomic E-state index is -0.174. The number of nitrogens with zero attached hydrogens (tertiary/aromatic N) is 3. The number of hydrogen-bond acceptors (Lipinski definition) is 4. The summed E-state index contributed by atoms with van der Waals surface area (Å²) in [5, 5.41) is 2.94. The van der Waals surface area contributed by atoms with E-state index in [1.165, 1.54) is 6.42 Å². The highest BCUT2D eigenvalue weighted by atomic mass is 16.2.